The van der Waals surface area contributed by atoms with Gasteiger partial charge < -0.3 is 4.90 Å². The van der Waals surface area contributed by atoms with Crippen molar-refractivity contribution >= 4 is 5.69 Å². The number of benzene rings is 1. The van der Waals surface area contributed by atoms with Crippen LogP contribution in [0, 0.1) is 19.7 Å². The third-order valence-corrected chi connectivity index (χ3v) is 3.74. The summed E-state index contributed by atoms with van der Waals surface area (Å²) in [5.41, 5.74) is 3.11. The van der Waals surface area contributed by atoms with E-state index >= 15 is 0 Å². The Labute approximate surface area is 118 Å². The number of hydrogen-bond donors (Lipinski definition) is 0. The molecule has 0 bridgehead atoms. The molecule has 0 saturated carbocycles. The molecule has 2 aromatic rings. The maximum absolute atomic E-state index is 13.0. The van der Waals surface area contributed by atoms with Gasteiger partial charge >= 0.3 is 0 Å². The number of rotatable bonds is 2. The maximum atomic E-state index is 13.0. The van der Waals surface area contributed by atoms with Crippen LogP contribution in [0.25, 0.3) is 0 Å². The molecule has 1 aromatic carbocycles. The molecule has 0 aliphatic carbocycles. The van der Waals surface area contributed by atoms with E-state index < -0.39 is 0 Å². The van der Waals surface area contributed by atoms with Gasteiger partial charge in [0.1, 0.15) is 11.6 Å². The molecule has 0 spiro atoms. The van der Waals surface area contributed by atoms with Crippen LogP contribution < -0.4 is 4.90 Å². The van der Waals surface area contributed by atoms with Crippen LogP contribution in [-0.2, 0) is 0 Å². The highest BCUT2D eigenvalue weighted by molar-refractivity contribution is 5.47. The highest BCUT2D eigenvalue weighted by Gasteiger charge is 2.26. The molecule has 0 N–H and O–H groups in total. The Balaban J connectivity index is 1.77. The van der Waals surface area contributed by atoms with Crippen molar-refractivity contribution in [1.29, 1.82) is 0 Å². The Morgan fingerprint density at radius 2 is 1.75 bits per heavy atom. The van der Waals surface area contributed by atoms with Crippen molar-refractivity contribution in [2.75, 3.05) is 18.0 Å². The summed E-state index contributed by atoms with van der Waals surface area (Å²) >= 11 is 0. The quantitative estimate of drug-likeness (QED) is 0.839. The van der Waals surface area contributed by atoms with Gasteiger partial charge in [0.05, 0.1) is 0 Å². The lowest BCUT2D eigenvalue weighted by molar-refractivity contribution is 0.627. The van der Waals surface area contributed by atoms with E-state index in [1.807, 2.05) is 32.0 Å². The van der Waals surface area contributed by atoms with Crippen LogP contribution in [-0.4, -0.2) is 23.1 Å². The molecule has 1 saturated heterocycles. The van der Waals surface area contributed by atoms with Crippen molar-refractivity contribution in [3.63, 3.8) is 0 Å². The monoisotopic (exact) mass is 271 g/mol. The van der Waals surface area contributed by atoms with E-state index in [2.05, 4.69) is 14.9 Å². The van der Waals surface area contributed by atoms with Crippen molar-refractivity contribution in [2.45, 2.75) is 26.2 Å². The summed E-state index contributed by atoms with van der Waals surface area (Å²) in [5.74, 6) is 1.10. The van der Waals surface area contributed by atoms with Gasteiger partial charge in [-0.1, -0.05) is 0 Å². The Kier molecular flexibility index (Phi) is 3.38. The molecule has 1 aliphatic heterocycles. The fraction of sp³-hybridized carbons (Fsp3) is 0.375. The minimum atomic E-state index is -0.192. The van der Waals surface area contributed by atoms with Crippen LogP contribution in [0.2, 0.25) is 0 Å². The van der Waals surface area contributed by atoms with Gasteiger partial charge in [0, 0.05) is 36.1 Å². The lowest BCUT2D eigenvalue weighted by Gasteiger charge is -2.18. The number of nitrogens with zero attached hydrogens (tertiary/aromatic N) is 3. The topological polar surface area (TPSA) is 29.0 Å². The van der Waals surface area contributed by atoms with E-state index in [1.165, 1.54) is 12.1 Å². The first kappa shape index (κ1) is 13.0. The third-order valence-electron chi connectivity index (χ3n) is 3.74. The summed E-state index contributed by atoms with van der Waals surface area (Å²) in [6.07, 6.45) is 1.04. The highest BCUT2D eigenvalue weighted by atomic mass is 19.1. The number of halogens is 1. The zero-order valence-electron chi connectivity index (χ0n) is 11.8. The largest absolute Gasteiger partial charge is 0.371 e. The Bertz CT molecular complexity index is 589. The molecule has 3 rings (SSSR count). The lowest BCUT2D eigenvalue weighted by Crippen LogP contribution is -2.19. The number of hydrogen-bond acceptors (Lipinski definition) is 3. The molecule has 1 unspecified atom stereocenters. The molecule has 104 valence electrons. The van der Waals surface area contributed by atoms with Gasteiger partial charge in [-0.2, -0.15) is 0 Å². The summed E-state index contributed by atoms with van der Waals surface area (Å²) in [4.78, 5) is 11.4. The molecule has 1 fully saturated rings. The van der Waals surface area contributed by atoms with E-state index in [1.54, 1.807) is 0 Å². The van der Waals surface area contributed by atoms with Gasteiger partial charge in [0.25, 0.3) is 0 Å². The standard InChI is InChI=1S/C16H18FN3/c1-11-9-12(2)19-16(18-11)13-7-8-20(10-13)15-5-3-14(17)4-6-15/h3-6,9,13H,7-8,10H2,1-2H3. The first-order valence-corrected chi connectivity index (χ1v) is 6.94. The number of anilines is 1. The fourth-order valence-corrected chi connectivity index (χ4v) is 2.79. The minimum absolute atomic E-state index is 0.192. The van der Waals surface area contributed by atoms with Gasteiger partial charge in [-0.15, -0.1) is 0 Å². The van der Waals surface area contributed by atoms with Gasteiger partial charge in [-0.05, 0) is 50.6 Å². The zero-order valence-corrected chi connectivity index (χ0v) is 11.8. The van der Waals surface area contributed by atoms with Crippen LogP contribution in [0.1, 0.15) is 29.6 Å². The van der Waals surface area contributed by atoms with Crippen LogP contribution in [0.15, 0.2) is 30.3 Å². The minimum Gasteiger partial charge on any atom is -0.371 e. The molecule has 1 aromatic heterocycles. The number of aryl methyl sites for hydroxylation is 2. The smallest absolute Gasteiger partial charge is 0.133 e. The summed E-state index contributed by atoms with van der Waals surface area (Å²) < 4.78 is 13.0. The van der Waals surface area contributed by atoms with Gasteiger partial charge in [0.2, 0.25) is 0 Å². The average Bonchev–Trinajstić information content (AvgIpc) is 2.88. The predicted molar refractivity (Wildman–Crippen MR) is 77.5 cm³/mol. The van der Waals surface area contributed by atoms with E-state index in [0.717, 1.165) is 42.4 Å². The summed E-state index contributed by atoms with van der Waals surface area (Å²) in [6.45, 7) is 5.87. The molecule has 3 nitrogen and oxygen atoms in total. The van der Waals surface area contributed by atoms with Crippen molar-refractivity contribution in [3.8, 4) is 0 Å². The van der Waals surface area contributed by atoms with Crippen molar-refractivity contribution in [1.82, 2.24) is 9.97 Å². The van der Waals surface area contributed by atoms with Crippen molar-refractivity contribution in [2.24, 2.45) is 0 Å². The number of aromatic nitrogens is 2. The zero-order chi connectivity index (χ0) is 14.1. The molecule has 4 heteroatoms. The van der Waals surface area contributed by atoms with E-state index in [4.69, 9.17) is 0 Å². The SMILES string of the molecule is Cc1cc(C)nc(C2CCN(c3ccc(F)cc3)C2)n1. The van der Waals surface area contributed by atoms with E-state index in [9.17, 15) is 4.39 Å². The molecule has 2 heterocycles. The average molecular weight is 271 g/mol. The van der Waals surface area contributed by atoms with Gasteiger partial charge in [-0.3, -0.25) is 0 Å². The van der Waals surface area contributed by atoms with Crippen LogP contribution >= 0.6 is 0 Å². The Hall–Kier alpha value is -1.97. The molecular weight excluding hydrogens is 253 g/mol. The maximum Gasteiger partial charge on any atom is 0.133 e. The molecule has 1 atom stereocenters. The molecule has 0 radical (unpaired) electrons. The van der Waals surface area contributed by atoms with Gasteiger partial charge in [0.15, 0.2) is 0 Å². The van der Waals surface area contributed by atoms with Gasteiger partial charge in [-0.25, -0.2) is 14.4 Å². The molecule has 1 aliphatic rings. The first-order chi connectivity index (χ1) is 9.61. The third kappa shape index (κ3) is 2.64. The molecule has 20 heavy (non-hydrogen) atoms. The Morgan fingerprint density at radius 1 is 1.10 bits per heavy atom. The lowest BCUT2D eigenvalue weighted by atomic mass is 10.1. The molecular formula is C16H18FN3. The first-order valence-electron chi connectivity index (χ1n) is 6.94. The second-order valence-electron chi connectivity index (χ2n) is 5.42. The second kappa shape index (κ2) is 5.19. The van der Waals surface area contributed by atoms with E-state index in [0.29, 0.717) is 5.92 Å². The van der Waals surface area contributed by atoms with Crippen LogP contribution in [0.5, 0.6) is 0 Å². The van der Waals surface area contributed by atoms with Crippen LogP contribution in [0.3, 0.4) is 0 Å². The van der Waals surface area contributed by atoms with Crippen LogP contribution in [0.4, 0.5) is 10.1 Å². The van der Waals surface area contributed by atoms with Crippen molar-refractivity contribution in [3.05, 3.63) is 53.4 Å². The van der Waals surface area contributed by atoms with E-state index in [-0.39, 0.29) is 5.82 Å². The highest BCUT2D eigenvalue weighted by Crippen LogP contribution is 2.29. The Morgan fingerprint density at radius 3 is 2.40 bits per heavy atom. The summed E-state index contributed by atoms with van der Waals surface area (Å²) in [5, 5.41) is 0. The second-order valence-corrected chi connectivity index (χ2v) is 5.42. The predicted octanol–water partition coefficient (Wildman–Crippen LogP) is 3.23. The summed E-state index contributed by atoms with van der Waals surface area (Å²) in [7, 11) is 0. The normalized spacial score (nSPS) is 18.6. The fourth-order valence-electron chi connectivity index (χ4n) is 2.79. The summed E-state index contributed by atoms with van der Waals surface area (Å²) in [6, 6.07) is 8.68. The van der Waals surface area contributed by atoms with Crippen molar-refractivity contribution < 1.29 is 4.39 Å². The molecule has 0 amide bonds.